The largest absolute Gasteiger partial charge is 0.388 e. The number of rotatable bonds is 5. The zero-order valence-corrected chi connectivity index (χ0v) is 11.3. The van der Waals surface area contributed by atoms with Gasteiger partial charge in [-0.2, -0.15) is 0 Å². The van der Waals surface area contributed by atoms with Gasteiger partial charge >= 0.3 is 0 Å². The van der Waals surface area contributed by atoms with E-state index >= 15 is 0 Å². The Kier molecular flexibility index (Phi) is 4.77. The summed E-state index contributed by atoms with van der Waals surface area (Å²) in [6, 6.07) is 0.555. The summed E-state index contributed by atoms with van der Waals surface area (Å²) >= 11 is 0. The predicted molar refractivity (Wildman–Crippen MR) is 63.4 cm³/mol. The Morgan fingerprint density at radius 1 is 1.00 bits per heavy atom. The normalized spacial score (nSPS) is 16.2. The maximum absolute atomic E-state index is 10.4. The van der Waals surface area contributed by atoms with Gasteiger partial charge in [0.25, 0.3) is 0 Å². The molecule has 0 amide bonds. The quantitative estimate of drug-likeness (QED) is 0.545. The van der Waals surface area contributed by atoms with Crippen molar-refractivity contribution in [2.75, 3.05) is 6.54 Å². The van der Waals surface area contributed by atoms with E-state index in [-0.39, 0.29) is 12.1 Å². The molecule has 3 nitrogen and oxygen atoms in total. The van der Waals surface area contributed by atoms with Crippen LogP contribution in [0.1, 0.15) is 48.5 Å². The molecule has 1 unspecified atom stereocenters. The molecular weight excluding hydrogens is 190 g/mol. The van der Waals surface area contributed by atoms with Crippen molar-refractivity contribution in [1.82, 2.24) is 0 Å². The molecule has 1 atom stereocenters. The minimum atomic E-state index is -0.834. The first-order chi connectivity index (χ1) is 6.55. The van der Waals surface area contributed by atoms with Crippen molar-refractivity contribution >= 4 is 0 Å². The number of quaternary nitrogens is 1. The zero-order valence-electron chi connectivity index (χ0n) is 11.3. The molecule has 0 saturated carbocycles. The lowest BCUT2D eigenvalue weighted by Crippen LogP contribution is -2.70. The standard InChI is InChI=1S/C12H28NO2/c1-9(2)13(10(3)4,8-11(5)14)12(6,7)15/h9-11,14-15H,8H2,1-7H3/q+1. The fourth-order valence-electron chi connectivity index (χ4n) is 2.94. The van der Waals surface area contributed by atoms with Crippen LogP contribution in [0.3, 0.4) is 0 Å². The van der Waals surface area contributed by atoms with Crippen LogP contribution in [-0.4, -0.2) is 45.2 Å². The Balaban J connectivity index is 5.29. The smallest absolute Gasteiger partial charge is 0.195 e. The molecular formula is C12H28NO2+. The van der Waals surface area contributed by atoms with E-state index in [1.165, 1.54) is 0 Å². The van der Waals surface area contributed by atoms with E-state index in [2.05, 4.69) is 27.7 Å². The molecule has 0 fully saturated rings. The molecule has 0 aromatic carbocycles. The minimum Gasteiger partial charge on any atom is -0.388 e. The molecule has 3 heteroatoms. The van der Waals surface area contributed by atoms with Crippen LogP contribution in [0.25, 0.3) is 0 Å². The van der Waals surface area contributed by atoms with Crippen molar-refractivity contribution in [2.24, 2.45) is 0 Å². The van der Waals surface area contributed by atoms with Gasteiger partial charge in [0, 0.05) is 13.8 Å². The number of hydrogen-bond acceptors (Lipinski definition) is 2. The van der Waals surface area contributed by atoms with E-state index in [0.29, 0.717) is 11.0 Å². The van der Waals surface area contributed by atoms with Gasteiger partial charge in [-0.25, -0.2) is 0 Å². The maximum Gasteiger partial charge on any atom is 0.195 e. The highest BCUT2D eigenvalue weighted by atomic mass is 16.3. The van der Waals surface area contributed by atoms with Crippen LogP contribution in [0.5, 0.6) is 0 Å². The fourth-order valence-corrected chi connectivity index (χ4v) is 2.94. The lowest BCUT2D eigenvalue weighted by atomic mass is 10.0. The number of nitrogens with zero attached hydrogens (tertiary/aromatic N) is 1. The van der Waals surface area contributed by atoms with Gasteiger partial charge in [0.2, 0.25) is 0 Å². The lowest BCUT2D eigenvalue weighted by Gasteiger charge is -2.53. The summed E-state index contributed by atoms with van der Waals surface area (Å²) in [6.07, 6.45) is -0.402. The summed E-state index contributed by atoms with van der Waals surface area (Å²) < 4.78 is 0.519. The van der Waals surface area contributed by atoms with Gasteiger partial charge in [-0.15, -0.1) is 0 Å². The van der Waals surface area contributed by atoms with Crippen LogP contribution < -0.4 is 0 Å². The van der Waals surface area contributed by atoms with Gasteiger partial charge in [-0.05, 0) is 34.6 Å². The molecule has 0 aliphatic rings. The van der Waals surface area contributed by atoms with Crippen molar-refractivity contribution in [1.29, 1.82) is 0 Å². The van der Waals surface area contributed by atoms with E-state index in [0.717, 1.165) is 0 Å². The Morgan fingerprint density at radius 2 is 1.33 bits per heavy atom. The monoisotopic (exact) mass is 218 g/mol. The third-order valence-corrected chi connectivity index (χ3v) is 3.43. The highest BCUT2D eigenvalue weighted by Crippen LogP contribution is 2.31. The fraction of sp³-hybridized carbons (Fsp3) is 1.00. The number of aliphatic hydroxyl groups excluding tert-OH is 1. The van der Waals surface area contributed by atoms with E-state index in [9.17, 15) is 10.2 Å². The molecule has 0 aliphatic heterocycles. The second-order valence-electron chi connectivity index (χ2n) is 5.64. The first kappa shape index (κ1) is 14.9. The summed E-state index contributed by atoms with van der Waals surface area (Å²) in [4.78, 5) is 0. The Hall–Kier alpha value is -0.120. The maximum atomic E-state index is 10.4. The molecule has 0 saturated heterocycles. The van der Waals surface area contributed by atoms with Crippen LogP contribution in [0.15, 0.2) is 0 Å². The minimum absolute atomic E-state index is 0.277. The molecule has 0 spiro atoms. The molecule has 0 aromatic rings. The van der Waals surface area contributed by atoms with Crippen molar-refractivity contribution in [3.8, 4) is 0 Å². The van der Waals surface area contributed by atoms with Gasteiger partial charge in [-0.1, -0.05) is 0 Å². The summed E-state index contributed by atoms with van der Waals surface area (Å²) in [5.74, 6) is 0. The van der Waals surface area contributed by atoms with Crippen molar-refractivity contribution < 1.29 is 14.7 Å². The molecule has 0 heterocycles. The molecule has 15 heavy (non-hydrogen) atoms. The molecule has 2 N–H and O–H groups in total. The van der Waals surface area contributed by atoms with Gasteiger partial charge in [-0.3, -0.25) is 4.48 Å². The average Bonchev–Trinajstić information content (AvgIpc) is 1.95. The second kappa shape index (κ2) is 4.81. The van der Waals surface area contributed by atoms with Crippen molar-refractivity contribution in [3.63, 3.8) is 0 Å². The van der Waals surface area contributed by atoms with Crippen molar-refractivity contribution in [3.05, 3.63) is 0 Å². The molecule has 0 aliphatic carbocycles. The number of aliphatic hydroxyl groups is 2. The summed E-state index contributed by atoms with van der Waals surface area (Å²) in [6.45, 7) is 14.4. The third-order valence-electron chi connectivity index (χ3n) is 3.43. The second-order valence-corrected chi connectivity index (χ2v) is 5.64. The topological polar surface area (TPSA) is 40.5 Å². The van der Waals surface area contributed by atoms with Gasteiger partial charge in [0.1, 0.15) is 12.6 Å². The van der Waals surface area contributed by atoms with E-state index in [4.69, 9.17) is 0 Å². The van der Waals surface area contributed by atoms with Gasteiger partial charge < -0.3 is 10.2 Å². The average molecular weight is 218 g/mol. The Morgan fingerprint density at radius 3 is 1.40 bits per heavy atom. The summed E-state index contributed by atoms with van der Waals surface area (Å²) in [5, 5.41) is 20.0. The zero-order chi connectivity index (χ0) is 12.4. The van der Waals surface area contributed by atoms with Crippen LogP contribution >= 0.6 is 0 Å². The van der Waals surface area contributed by atoms with E-state index in [1.807, 2.05) is 13.8 Å². The molecule has 0 bridgehead atoms. The van der Waals surface area contributed by atoms with E-state index < -0.39 is 11.8 Å². The summed E-state index contributed by atoms with van der Waals surface area (Å²) in [5.41, 5.74) is -0.834. The van der Waals surface area contributed by atoms with Crippen LogP contribution in [0.4, 0.5) is 0 Å². The highest BCUT2D eigenvalue weighted by molar-refractivity contribution is 4.65. The molecule has 92 valence electrons. The Labute approximate surface area is 94.3 Å². The van der Waals surface area contributed by atoms with Crippen molar-refractivity contribution in [2.45, 2.75) is 72.4 Å². The lowest BCUT2D eigenvalue weighted by molar-refractivity contribution is -1.03. The van der Waals surface area contributed by atoms with Gasteiger partial charge in [0.15, 0.2) is 5.72 Å². The third kappa shape index (κ3) is 2.92. The number of hydrogen-bond donors (Lipinski definition) is 2. The Bertz CT molecular complexity index is 184. The van der Waals surface area contributed by atoms with Gasteiger partial charge in [0.05, 0.1) is 12.1 Å². The van der Waals surface area contributed by atoms with E-state index in [1.54, 1.807) is 6.92 Å². The SMILES string of the molecule is CC(O)C[N+](C(C)C)(C(C)C)C(C)(C)O. The first-order valence-corrected chi connectivity index (χ1v) is 5.83. The van der Waals surface area contributed by atoms with Crippen LogP contribution in [-0.2, 0) is 0 Å². The highest BCUT2D eigenvalue weighted by Gasteiger charge is 2.47. The first-order valence-electron chi connectivity index (χ1n) is 5.83. The van der Waals surface area contributed by atoms with Crippen LogP contribution in [0.2, 0.25) is 0 Å². The predicted octanol–water partition coefficient (Wildman–Crippen LogP) is 1.73. The molecule has 0 rings (SSSR count). The molecule has 0 aromatic heterocycles. The summed E-state index contributed by atoms with van der Waals surface area (Å²) in [7, 11) is 0. The molecule has 0 radical (unpaired) electrons. The van der Waals surface area contributed by atoms with Crippen LogP contribution in [0, 0.1) is 0 Å².